The second-order valence-electron chi connectivity index (χ2n) is 3.55. The maximum atomic E-state index is 11.9. The summed E-state index contributed by atoms with van der Waals surface area (Å²) in [5, 5.41) is 3.55. The lowest BCUT2D eigenvalue weighted by Gasteiger charge is -2.07. The molecule has 1 heterocycles. The molecule has 92 valence electrons. The fourth-order valence-corrected chi connectivity index (χ4v) is 1.83. The number of halogens is 2. The van der Waals surface area contributed by atoms with Crippen LogP contribution in [0, 0.1) is 0 Å². The molecule has 0 unspecified atom stereocenters. The molecule has 18 heavy (non-hydrogen) atoms. The van der Waals surface area contributed by atoms with Crippen molar-refractivity contribution in [2.75, 3.05) is 11.1 Å². The normalized spacial score (nSPS) is 10.1. The molecule has 0 saturated carbocycles. The summed E-state index contributed by atoms with van der Waals surface area (Å²) >= 11 is 11.7. The van der Waals surface area contributed by atoms with Gasteiger partial charge in [-0.05, 0) is 30.3 Å². The van der Waals surface area contributed by atoms with E-state index in [4.69, 9.17) is 28.9 Å². The average Bonchev–Trinajstić information content (AvgIpc) is 2.32. The molecule has 0 bridgehead atoms. The minimum atomic E-state index is -0.312. The van der Waals surface area contributed by atoms with Crippen LogP contribution in [0.25, 0.3) is 0 Å². The zero-order valence-electron chi connectivity index (χ0n) is 9.15. The standard InChI is InChI=1S/C12H9Cl2N3O/c13-8-1-2-10(9(14)6-8)17-12(18)7-3-4-16-11(15)5-7/h1-6H,(H2,15,16)(H,17,18). The first-order valence-electron chi connectivity index (χ1n) is 5.04. The average molecular weight is 282 g/mol. The Morgan fingerprint density at radius 3 is 2.67 bits per heavy atom. The van der Waals surface area contributed by atoms with Gasteiger partial charge < -0.3 is 11.1 Å². The number of carbonyl (C=O) groups excluding carboxylic acids is 1. The summed E-state index contributed by atoms with van der Waals surface area (Å²) in [6.45, 7) is 0. The minimum absolute atomic E-state index is 0.282. The topological polar surface area (TPSA) is 68.0 Å². The maximum Gasteiger partial charge on any atom is 0.255 e. The zero-order chi connectivity index (χ0) is 13.1. The number of amides is 1. The molecule has 1 aromatic heterocycles. The third kappa shape index (κ3) is 2.91. The molecule has 1 amide bonds. The zero-order valence-corrected chi connectivity index (χ0v) is 10.7. The summed E-state index contributed by atoms with van der Waals surface area (Å²) in [6, 6.07) is 7.88. The fourth-order valence-electron chi connectivity index (χ4n) is 1.37. The fraction of sp³-hybridized carbons (Fsp3) is 0. The van der Waals surface area contributed by atoms with Gasteiger partial charge in [0.1, 0.15) is 5.82 Å². The molecule has 3 N–H and O–H groups in total. The maximum absolute atomic E-state index is 11.9. The molecule has 0 radical (unpaired) electrons. The van der Waals surface area contributed by atoms with Crippen LogP contribution in [0.3, 0.4) is 0 Å². The number of nitrogens with zero attached hydrogens (tertiary/aromatic N) is 1. The Morgan fingerprint density at radius 1 is 1.22 bits per heavy atom. The number of nitrogen functional groups attached to an aromatic ring is 1. The van der Waals surface area contributed by atoms with Gasteiger partial charge in [-0.25, -0.2) is 4.98 Å². The quantitative estimate of drug-likeness (QED) is 0.888. The van der Waals surface area contributed by atoms with E-state index in [2.05, 4.69) is 10.3 Å². The van der Waals surface area contributed by atoms with E-state index in [9.17, 15) is 4.79 Å². The van der Waals surface area contributed by atoms with Gasteiger partial charge in [0.15, 0.2) is 0 Å². The van der Waals surface area contributed by atoms with Crippen molar-refractivity contribution in [2.24, 2.45) is 0 Å². The molecule has 0 fully saturated rings. The van der Waals surface area contributed by atoms with Crippen molar-refractivity contribution in [1.82, 2.24) is 4.98 Å². The Balaban J connectivity index is 2.21. The number of hydrogen-bond acceptors (Lipinski definition) is 3. The highest BCUT2D eigenvalue weighted by Gasteiger charge is 2.09. The van der Waals surface area contributed by atoms with Gasteiger partial charge in [0.05, 0.1) is 10.7 Å². The largest absolute Gasteiger partial charge is 0.384 e. The summed E-state index contributed by atoms with van der Waals surface area (Å²) in [5.41, 5.74) is 6.40. The third-order valence-electron chi connectivity index (χ3n) is 2.22. The lowest BCUT2D eigenvalue weighted by molar-refractivity contribution is 0.102. The van der Waals surface area contributed by atoms with Gasteiger partial charge in [-0.2, -0.15) is 0 Å². The van der Waals surface area contributed by atoms with E-state index in [-0.39, 0.29) is 11.7 Å². The second kappa shape index (κ2) is 5.25. The van der Waals surface area contributed by atoms with Crippen LogP contribution in [0.15, 0.2) is 36.5 Å². The van der Waals surface area contributed by atoms with E-state index in [1.807, 2.05) is 0 Å². The number of benzene rings is 1. The number of pyridine rings is 1. The smallest absolute Gasteiger partial charge is 0.255 e. The molecule has 4 nitrogen and oxygen atoms in total. The summed E-state index contributed by atoms with van der Waals surface area (Å²) in [5.74, 6) is -0.0295. The van der Waals surface area contributed by atoms with Crippen molar-refractivity contribution < 1.29 is 4.79 Å². The number of aromatic nitrogens is 1. The lowest BCUT2D eigenvalue weighted by Crippen LogP contribution is -2.12. The van der Waals surface area contributed by atoms with E-state index < -0.39 is 0 Å². The van der Waals surface area contributed by atoms with Crippen LogP contribution >= 0.6 is 23.2 Å². The molecule has 0 atom stereocenters. The minimum Gasteiger partial charge on any atom is -0.384 e. The van der Waals surface area contributed by atoms with Gasteiger partial charge in [0.2, 0.25) is 0 Å². The summed E-state index contributed by atoms with van der Waals surface area (Å²) in [6.07, 6.45) is 1.47. The van der Waals surface area contributed by atoms with Crippen molar-refractivity contribution >= 4 is 40.6 Å². The SMILES string of the molecule is Nc1cc(C(=O)Nc2ccc(Cl)cc2Cl)ccn1. The molecule has 1 aromatic carbocycles. The molecular weight excluding hydrogens is 273 g/mol. The summed E-state index contributed by atoms with van der Waals surface area (Å²) in [7, 11) is 0. The highest BCUT2D eigenvalue weighted by atomic mass is 35.5. The molecule has 0 aliphatic carbocycles. The van der Waals surface area contributed by atoms with Crippen LogP contribution in [-0.2, 0) is 0 Å². The van der Waals surface area contributed by atoms with E-state index >= 15 is 0 Å². The highest BCUT2D eigenvalue weighted by molar-refractivity contribution is 6.36. The van der Waals surface area contributed by atoms with Crippen LogP contribution in [0.1, 0.15) is 10.4 Å². The molecule has 0 aliphatic heterocycles. The molecule has 2 rings (SSSR count). The Kier molecular flexibility index (Phi) is 3.69. The van der Waals surface area contributed by atoms with E-state index in [1.165, 1.54) is 12.3 Å². The van der Waals surface area contributed by atoms with Crippen LogP contribution in [0.2, 0.25) is 10.0 Å². The predicted octanol–water partition coefficient (Wildman–Crippen LogP) is 3.22. The molecule has 6 heteroatoms. The summed E-state index contributed by atoms with van der Waals surface area (Å²) < 4.78 is 0. The van der Waals surface area contributed by atoms with Crippen molar-refractivity contribution in [3.63, 3.8) is 0 Å². The second-order valence-corrected chi connectivity index (χ2v) is 4.39. The van der Waals surface area contributed by atoms with Crippen LogP contribution in [0.5, 0.6) is 0 Å². The molecule has 0 saturated heterocycles. The van der Waals surface area contributed by atoms with Gasteiger partial charge >= 0.3 is 0 Å². The first-order chi connectivity index (χ1) is 8.56. The van der Waals surface area contributed by atoms with Crippen LogP contribution < -0.4 is 11.1 Å². The summed E-state index contributed by atoms with van der Waals surface area (Å²) in [4.78, 5) is 15.7. The Hall–Kier alpha value is -1.78. The molecule has 2 aromatic rings. The van der Waals surface area contributed by atoms with Crippen molar-refractivity contribution in [3.8, 4) is 0 Å². The number of rotatable bonds is 2. The van der Waals surface area contributed by atoms with E-state index in [0.717, 1.165) is 0 Å². The van der Waals surface area contributed by atoms with Crippen molar-refractivity contribution in [1.29, 1.82) is 0 Å². The van der Waals surface area contributed by atoms with E-state index in [0.29, 0.717) is 21.3 Å². The van der Waals surface area contributed by atoms with Gasteiger partial charge in [-0.1, -0.05) is 23.2 Å². The van der Waals surface area contributed by atoms with Gasteiger partial charge in [-0.15, -0.1) is 0 Å². The predicted molar refractivity (Wildman–Crippen MR) is 73.1 cm³/mol. The van der Waals surface area contributed by atoms with Crippen LogP contribution in [0.4, 0.5) is 11.5 Å². The Bertz CT molecular complexity index is 602. The van der Waals surface area contributed by atoms with Crippen molar-refractivity contribution in [2.45, 2.75) is 0 Å². The van der Waals surface area contributed by atoms with Gasteiger partial charge in [0, 0.05) is 16.8 Å². The number of nitrogens with one attached hydrogen (secondary N) is 1. The van der Waals surface area contributed by atoms with Crippen LogP contribution in [-0.4, -0.2) is 10.9 Å². The number of nitrogens with two attached hydrogens (primary N) is 1. The number of hydrogen-bond donors (Lipinski definition) is 2. The van der Waals surface area contributed by atoms with Gasteiger partial charge in [0.25, 0.3) is 5.91 Å². The first-order valence-corrected chi connectivity index (χ1v) is 5.80. The van der Waals surface area contributed by atoms with Crippen molar-refractivity contribution in [3.05, 3.63) is 52.1 Å². The highest BCUT2D eigenvalue weighted by Crippen LogP contribution is 2.25. The van der Waals surface area contributed by atoms with Gasteiger partial charge in [-0.3, -0.25) is 4.79 Å². The molecule has 0 aliphatic rings. The molecule has 0 spiro atoms. The number of anilines is 2. The van der Waals surface area contributed by atoms with E-state index in [1.54, 1.807) is 24.3 Å². The number of carbonyl (C=O) groups is 1. The monoisotopic (exact) mass is 281 g/mol. The molecular formula is C12H9Cl2N3O. The lowest BCUT2D eigenvalue weighted by atomic mass is 10.2. The third-order valence-corrected chi connectivity index (χ3v) is 2.77. The first kappa shape index (κ1) is 12.7. The Morgan fingerprint density at radius 2 is 2.00 bits per heavy atom. The Labute approximate surface area is 114 Å².